The zero-order valence-electron chi connectivity index (χ0n) is 11.0. The Labute approximate surface area is 114 Å². The predicted octanol–water partition coefficient (Wildman–Crippen LogP) is 4.03. The van der Waals surface area contributed by atoms with Gasteiger partial charge in [0.15, 0.2) is 0 Å². The van der Waals surface area contributed by atoms with Crippen molar-refractivity contribution in [2.45, 2.75) is 32.2 Å². The summed E-state index contributed by atoms with van der Waals surface area (Å²) >= 11 is 5.90. The van der Waals surface area contributed by atoms with E-state index in [-0.39, 0.29) is 5.41 Å². The average Bonchev–Trinajstić information content (AvgIpc) is 3.09. The van der Waals surface area contributed by atoms with Crippen LogP contribution in [-0.2, 0) is 0 Å². The van der Waals surface area contributed by atoms with Crippen LogP contribution in [0.15, 0.2) is 24.3 Å². The topological polar surface area (TPSA) is 27.0 Å². The van der Waals surface area contributed by atoms with Gasteiger partial charge in [0.2, 0.25) is 0 Å². The standard InChI is InChI=1S/C15H19ClN2/c1-12(13-3-5-14(16)6-4-13)18(2)11-15(7-8-15)9-10-17/h3-6,12H,7-9,11H2,1-2H3. The summed E-state index contributed by atoms with van der Waals surface area (Å²) in [5.41, 5.74) is 1.54. The van der Waals surface area contributed by atoms with Gasteiger partial charge in [0.05, 0.1) is 6.07 Å². The van der Waals surface area contributed by atoms with Crippen LogP contribution in [0.4, 0.5) is 0 Å². The van der Waals surface area contributed by atoms with E-state index < -0.39 is 0 Å². The molecule has 0 N–H and O–H groups in total. The van der Waals surface area contributed by atoms with Gasteiger partial charge in [0.1, 0.15) is 0 Å². The minimum atomic E-state index is 0.268. The summed E-state index contributed by atoms with van der Waals surface area (Å²) < 4.78 is 0. The Morgan fingerprint density at radius 1 is 1.39 bits per heavy atom. The van der Waals surface area contributed by atoms with Crippen LogP contribution in [-0.4, -0.2) is 18.5 Å². The summed E-state index contributed by atoms with van der Waals surface area (Å²) in [5, 5.41) is 9.63. The Bertz CT molecular complexity index is 443. The van der Waals surface area contributed by atoms with Crippen molar-refractivity contribution in [3.8, 4) is 6.07 Å². The van der Waals surface area contributed by atoms with Crippen molar-refractivity contribution >= 4 is 11.6 Å². The molecule has 1 saturated carbocycles. The quantitative estimate of drug-likeness (QED) is 0.801. The summed E-state index contributed by atoms with van der Waals surface area (Å²) in [7, 11) is 2.14. The number of hydrogen-bond acceptors (Lipinski definition) is 2. The molecule has 18 heavy (non-hydrogen) atoms. The molecule has 1 aromatic carbocycles. The minimum absolute atomic E-state index is 0.268. The van der Waals surface area contributed by atoms with Crippen LogP contribution < -0.4 is 0 Å². The number of halogens is 1. The van der Waals surface area contributed by atoms with E-state index in [4.69, 9.17) is 16.9 Å². The fourth-order valence-electron chi connectivity index (χ4n) is 2.40. The third-order valence-electron chi connectivity index (χ3n) is 4.01. The van der Waals surface area contributed by atoms with Gasteiger partial charge >= 0.3 is 0 Å². The van der Waals surface area contributed by atoms with E-state index in [0.29, 0.717) is 12.5 Å². The molecule has 0 bridgehead atoms. The van der Waals surface area contributed by atoms with Crippen molar-refractivity contribution < 1.29 is 0 Å². The summed E-state index contributed by atoms with van der Waals surface area (Å²) in [5.74, 6) is 0. The number of rotatable bonds is 5. The number of nitrogens with zero attached hydrogens (tertiary/aromatic N) is 2. The van der Waals surface area contributed by atoms with Crippen LogP contribution in [0.2, 0.25) is 5.02 Å². The summed E-state index contributed by atoms with van der Waals surface area (Å²) in [4.78, 5) is 2.34. The maximum absolute atomic E-state index is 8.86. The van der Waals surface area contributed by atoms with Crippen LogP contribution in [0.1, 0.15) is 37.8 Å². The van der Waals surface area contributed by atoms with Gasteiger partial charge in [-0.1, -0.05) is 23.7 Å². The van der Waals surface area contributed by atoms with Crippen LogP contribution in [0, 0.1) is 16.7 Å². The third kappa shape index (κ3) is 3.04. The van der Waals surface area contributed by atoms with E-state index in [1.165, 1.54) is 18.4 Å². The Morgan fingerprint density at radius 3 is 2.50 bits per heavy atom. The molecule has 96 valence electrons. The van der Waals surface area contributed by atoms with Gasteiger partial charge in [0.25, 0.3) is 0 Å². The molecular formula is C15H19ClN2. The van der Waals surface area contributed by atoms with Crippen LogP contribution >= 0.6 is 11.6 Å². The second-order valence-corrected chi connectivity index (χ2v) is 5.91. The molecule has 0 saturated heterocycles. The molecule has 0 radical (unpaired) electrons. The molecule has 3 heteroatoms. The molecule has 1 aliphatic carbocycles. The number of hydrogen-bond donors (Lipinski definition) is 0. The molecule has 0 aliphatic heterocycles. The first-order valence-electron chi connectivity index (χ1n) is 6.39. The van der Waals surface area contributed by atoms with E-state index in [9.17, 15) is 0 Å². The second-order valence-electron chi connectivity index (χ2n) is 5.48. The van der Waals surface area contributed by atoms with Gasteiger partial charge in [-0.25, -0.2) is 0 Å². The zero-order valence-corrected chi connectivity index (χ0v) is 11.7. The number of benzene rings is 1. The highest BCUT2D eigenvalue weighted by molar-refractivity contribution is 6.30. The van der Waals surface area contributed by atoms with Gasteiger partial charge in [0, 0.05) is 24.0 Å². The average molecular weight is 263 g/mol. The largest absolute Gasteiger partial charge is 0.299 e. The van der Waals surface area contributed by atoms with E-state index in [0.717, 1.165) is 11.6 Å². The van der Waals surface area contributed by atoms with Gasteiger partial charge in [-0.3, -0.25) is 4.90 Å². The van der Waals surface area contributed by atoms with Crippen LogP contribution in [0.25, 0.3) is 0 Å². The molecule has 0 spiro atoms. The van der Waals surface area contributed by atoms with Crippen molar-refractivity contribution in [1.29, 1.82) is 5.26 Å². The molecule has 1 unspecified atom stereocenters. The first kappa shape index (κ1) is 13.4. The normalized spacial score (nSPS) is 18.4. The summed E-state index contributed by atoms with van der Waals surface area (Å²) in [6, 6.07) is 10.7. The lowest BCUT2D eigenvalue weighted by molar-refractivity contribution is 0.210. The molecule has 1 atom stereocenters. The molecule has 0 amide bonds. The molecule has 0 heterocycles. The maximum atomic E-state index is 8.86. The maximum Gasteiger partial charge on any atom is 0.0628 e. The Balaban J connectivity index is 1.99. The van der Waals surface area contributed by atoms with Gasteiger partial charge < -0.3 is 0 Å². The lowest BCUT2D eigenvalue weighted by Gasteiger charge is -2.28. The van der Waals surface area contributed by atoms with Gasteiger partial charge in [-0.05, 0) is 49.9 Å². The van der Waals surface area contributed by atoms with Crippen molar-refractivity contribution in [2.75, 3.05) is 13.6 Å². The molecule has 0 aromatic heterocycles. The molecule has 2 nitrogen and oxygen atoms in total. The highest BCUT2D eigenvalue weighted by Crippen LogP contribution is 2.49. The first-order valence-corrected chi connectivity index (χ1v) is 6.77. The van der Waals surface area contributed by atoms with E-state index in [2.05, 4.69) is 37.1 Å². The van der Waals surface area contributed by atoms with Crippen molar-refractivity contribution in [2.24, 2.45) is 5.41 Å². The molecular weight excluding hydrogens is 244 g/mol. The fraction of sp³-hybridized carbons (Fsp3) is 0.533. The van der Waals surface area contributed by atoms with Crippen LogP contribution in [0.3, 0.4) is 0 Å². The minimum Gasteiger partial charge on any atom is -0.299 e. The van der Waals surface area contributed by atoms with E-state index in [1.807, 2.05) is 12.1 Å². The lowest BCUT2D eigenvalue weighted by Crippen LogP contribution is -2.29. The highest BCUT2D eigenvalue weighted by atomic mass is 35.5. The SMILES string of the molecule is CC(c1ccc(Cl)cc1)N(C)CC1(CC#N)CC1. The van der Waals surface area contributed by atoms with Crippen molar-refractivity contribution in [3.05, 3.63) is 34.9 Å². The Hall–Kier alpha value is -1.04. The zero-order chi connectivity index (χ0) is 13.2. The fourth-order valence-corrected chi connectivity index (χ4v) is 2.52. The third-order valence-corrected chi connectivity index (χ3v) is 4.26. The smallest absolute Gasteiger partial charge is 0.0628 e. The van der Waals surface area contributed by atoms with E-state index >= 15 is 0 Å². The summed E-state index contributed by atoms with van der Waals surface area (Å²) in [6.45, 7) is 3.20. The molecule has 2 rings (SSSR count). The van der Waals surface area contributed by atoms with Crippen molar-refractivity contribution in [1.82, 2.24) is 4.90 Å². The van der Waals surface area contributed by atoms with Gasteiger partial charge in [-0.2, -0.15) is 5.26 Å². The Morgan fingerprint density at radius 2 is 2.00 bits per heavy atom. The number of nitriles is 1. The Kier molecular flexibility index (Phi) is 3.94. The monoisotopic (exact) mass is 262 g/mol. The lowest BCUT2D eigenvalue weighted by atomic mass is 10.0. The first-order chi connectivity index (χ1) is 8.56. The van der Waals surface area contributed by atoms with Gasteiger partial charge in [-0.15, -0.1) is 0 Å². The van der Waals surface area contributed by atoms with E-state index in [1.54, 1.807) is 0 Å². The molecule has 1 aliphatic rings. The molecule has 1 aromatic rings. The highest BCUT2D eigenvalue weighted by Gasteiger charge is 2.43. The molecule has 1 fully saturated rings. The second kappa shape index (κ2) is 5.30. The predicted molar refractivity (Wildman–Crippen MR) is 74.4 cm³/mol. The summed E-state index contributed by atoms with van der Waals surface area (Å²) in [6.07, 6.45) is 3.07. The van der Waals surface area contributed by atoms with Crippen molar-refractivity contribution in [3.63, 3.8) is 0 Å². The van der Waals surface area contributed by atoms with Crippen LogP contribution in [0.5, 0.6) is 0 Å².